The number of aromatic nitrogens is 4. The van der Waals surface area contributed by atoms with E-state index in [-0.39, 0.29) is 67.5 Å². The number of fused-ring (bicyclic) bond motifs is 4. The van der Waals surface area contributed by atoms with Crippen LogP contribution in [0.25, 0.3) is 83.4 Å². The van der Waals surface area contributed by atoms with Gasteiger partial charge in [0.2, 0.25) is 0 Å². The number of nitriles is 1. The first-order valence-electron chi connectivity index (χ1n) is 28.1. The standard InChI is InChI=1S/C56H37N5O/c1-38-31-54(58-36-49(38)41-21-9-4-10-22-41)61-50-28-12-11-25-48(50)55-42(35-57)32-45(34-53(55)61)62-44-24-15-23-43(33-44)59-37-60(52-30-14-13-29-51(52)59)56-46(39-17-5-2-6-18-39)26-16-27-47(56)40-19-7-3-8-20-40/h2-34,36H,1H3/i1D3,2D,3D,4D,5D,6D,7D,8D,9D,10D,17D,18D,19D,20D,21D,22D. The molecule has 0 aliphatic carbocycles. The van der Waals surface area contributed by atoms with Crippen LogP contribution in [0.15, 0.2) is 206 Å². The van der Waals surface area contributed by atoms with E-state index in [0.29, 0.717) is 38.5 Å². The van der Waals surface area contributed by atoms with Gasteiger partial charge in [0.05, 0.1) is 65.6 Å². The summed E-state index contributed by atoms with van der Waals surface area (Å²) in [6, 6.07) is 23.3. The molecule has 3 aromatic heterocycles. The van der Waals surface area contributed by atoms with Gasteiger partial charge in [-0.25, -0.2) is 4.98 Å². The fraction of sp³-hybridized carbons (Fsp3) is 0.0179. The lowest BCUT2D eigenvalue weighted by Crippen LogP contribution is -2.31. The van der Waals surface area contributed by atoms with E-state index in [4.69, 9.17) is 29.4 Å². The van der Waals surface area contributed by atoms with Crippen LogP contribution in [0.2, 0.25) is 0 Å². The molecule has 0 radical (unpaired) electrons. The highest BCUT2D eigenvalue weighted by Crippen LogP contribution is 2.39. The molecule has 0 bridgehead atoms. The highest BCUT2D eigenvalue weighted by Gasteiger charge is 2.21. The predicted molar refractivity (Wildman–Crippen MR) is 248 cm³/mol. The molecule has 6 nitrogen and oxygen atoms in total. The molecule has 0 spiro atoms. The molecular formula is C56H37N5O. The Kier molecular flexibility index (Phi) is 5.46. The van der Waals surface area contributed by atoms with Crippen LogP contribution in [0, 0.1) is 24.5 Å². The van der Waals surface area contributed by atoms with Crippen LogP contribution in [0.3, 0.4) is 0 Å². The van der Waals surface area contributed by atoms with E-state index in [2.05, 4.69) is 17.4 Å². The normalized spacial score (nSPS) is 15.6. The Labute approximate surface area is 384 Å². The third kappa shape index (κ3) is 6.28. The zero-order chi connectivity index (χ0) is 57.1. The zero-order valence-corrected chi connectivity index (χ0v) is 32.1. The molecule has 0 fully saturated rings. The summed E-state index contributed by atoms with van der Waals surface area (Å²) >= 11 is 0. The van der Waals surface area contributed by atoms with Gasteiger partial charge >= 0.3 is 0 Å². The number of imidazole rings is 1. The molecule has 0 aliphatic rings. The quantitative estimate of drug-likeness (QED) is 0.113. The molecule has 0 unspecified atom stereocenters. The van der Waals surface area contributed by atoms with Crippen molar-refractivity contribution in [1.29, 1.82) is 5.26 Å². The molecule has 6 heteroatoms. The van der Waals surface area contributed by atoms with Crippen molar-refractivity contribution in [3.63, 3.8) is 0 Å². The number of ether oxygens (including phenoxy) is 1. The van der Waals surface area contributed by atoms with E-state index >= 15 is 0 Å². The van der Waals surface area contributed by atoms with Crippen LogP contribution in [0.5, 0.6) is 11.5 Å². The molecule has 292 valence electrons. The Bertz CT molecular complexity index is 4370. The van der Waals surface area contributed by atoms with E-state index in [0.717, 1.165) is 0 Å². The molecule has 0 amide bonds. The van der Waals surface area contributed by atoms with Crippen molar-refractivity contribution < 1.29 is 34.0 Å². The van der Waals surface area contributed by atoms with Crippen LogP contribution in [-0.4, -0.2) is 14.1 Å². The average molecular weight is 814 g/mol. The Hall–Kier alpha value is -8.53. The van der Waals surface area contributed by atoms with Crippen molar-refractivity contribution >= 4 is 32.8 Å². The van der Waals surface area contributed by atoms with Gasteiger partial charge in [-0.3, -0.25) is 13.7 Å². The number of aryl methyl sites for hydroxylation is 1. The first-order valence-corrected chi connectivity index (χ1v) is 19.1. The summed E-state index contributed by atoms with van der Waals surface area (Å²) < 4.78 is 166. The summed E-state index contributed by atoms with van der Waals surface area (Å²) in [6.45, 7) is -2.87. The number of pyridine rings is 1. The molecule has 0 atom stereocenters. The number of hydrogen-bond donors (Lipinski definition) is 0. The van der Waals surface area contributed by atoms with Gasteiger partial charge in [-0.05, 0) is 76.6 Å². The zero-order valence-electron chi connectivity index (χ0n) is 50.1. The minimum absolute atomic E-state index is 0.0727. The Morgan fingerprint density at radius 2 is 1.29 bits per heavy atom. The van der Waals surface area contributed by atoms with Crippen LogP contribution in [-0.2, 0) is 0 Å². The van der Waals surface area contributed by atoms with Crippen molar-refractivity contribution in [3.05, 3.63) is 223 Å². The molecule has 0 aliphatic heterocycles. The summed E-state index contributed by atoms with van der Waals surface area (Å²) in [4.78, 5) is 4.64. The van der Waals surface area contributed by atoms with Crippen LogP contribution >= 0.6 is 0 Å². The van der Waals surface area contributed by atoms with Crippen molar-refractivity contribution in [2.24, 2.45) is 0 Å². The molecule has 8 aromatic carbocycles. The summed E-state index contributed by atoms with van der Waals surface area (Å²) in [7, 11) is 0. The van der Waals surface area contributed by atoms with E-state index in [1.807, 2.05) is 0 Å². The molecule has 0 saturated carbocycles. The smallest absolute Gasteiger partial charge is 0.269 e. The van der Waals surface area contributed by atoms with Gasteiger partial charge in [0, 0.05) is 32.7 Å². The molecule has 11 aromatic rings. The average Bonchev–Trinajstić information content (AvgIpc) is 4.21. The first-order chi connectivity index (χ1) is 38.0. The maximum Gasteiger partial charge on any atom is 0.269 e. The summed E-state index contributed by atoms with van der Waals surface area (Å²) in [5.74, 6) is 0.512. The second kappa shape index (κ2) is 15.3. The molecule has 0 N–H and O–H groups in total. The maximum atomic E-state index is 10.7. The number of hydrogen-bond acceptors (Lipinski definition) is 3. The highest BCUT2D eigenvalue weighted by molar-refractivity contribution is 6.12. The van der Waals surface area contributed by atoms with Gasteiger partial charge in [0.25, 0.3) is 6.33 Å². The lowest BCUT2D eigenvalue weighted by Gasteiger charge is -2.17. The Balaban J connectivity index is 1.08. The molecule has 62 heavy (non-hydrogen) atoms. The van der Waals surface area contributed by atoms with Crippen molar-refractivity contribution in [2.45, 2.75) is 6.85 Å². The topological polar surface area (TPSA) is 59.7 Å². The van der Waals surface area contributed by atoms with Crippen LogP contribution < -0.4 is 9.30 Å². The van der Waals surface area contributed by atoms with E-state index in [9.17, 15) is 5.26 Å². The lowest BCUT2D eigenvalue weighted by atomic mass is 9.95. The molecular weight excluding hydrogens is 759 g/mol. The van der Waals surface area contributed by atoms with Gasteiger partial charge in [-0.1, -0.05) is 157 Å². The maximum absolute atomic E-state index is 10.7. The van der Waals surface area contributed by atoms with Crippen LogP contribution in [0.4, 0.5) is 0 Å². The van der Waals surface area contributed by atoms with E-state index in [1.165, 1.54) is 30.5 Å². The van der Waals surface area contributed by atoms with Crippen molar-refractivity contribution in [1.82, 2.24) is 14.1 Å². The summed E-state index contributed by atoms with van der Waals surface area (Å²) in [5, 5.41) is 11.8. The summed E-state index contributed by atoms with van der Waals surface area (Å²) in [6.07, 6.45) is 4.52. The lowest BCUT2D eigenvalue weighted by molar-refractivity contribution is -0.571. The number of rotatable bonds is 8. The molecule has 0 saturated heterocycles. The van der Waals surface area contributed by atoms with Gasteiger partial charge in [-0.2, -0.15) is 5.26 Å². The summed E-state index contributed by atoms with van der Waals surface area (Å²) in [5.41, 5.74) is 1.49. The Morgan fingerprint density at radius 3 is 1.98 bits per heavy atom. The van der Waals surface area contributed by atoms with Crippen molar-refractivity contribution in [3.8, 4) is 68.1 Å². The fourth-order valence-electron chi connectivity index (χ4n) is 7.81. The van der Waals surface area contributed by atoms with E-state index < -0.39 is 97.5 Å². The van der Waals surface area contributed by atoms with Gasteiger partial charge in [0.15, 0.2) is 0 Å². The second-order valence-electron chi connectivity index (χ2n) is 14.0. The minimum Gasteiger partial charge on any atom is -0.458 e. The first kappa shape index (κ1) is 22.2. The fourth-order valence-corrected chi connectivity index (χ4v) is 7.81. The van der Waals surface area contributed by atoms with E-state index in [1.54, 1.807) is 98.6 Å². The van der Waals surface area contributed by atoms with Gasteiger partial charge < -0.3 is 4.74 Å². The number of nitrogens with zero attached hydrogens (tertiary/aromatic N) is 5. The molecule has 11 rings (SSSR count). The molecule has 3 heterocycles. The van der Waals surface area contributed by atoms with Crippen LogP contribution in [0.1, 0.15) is 35.8 Å². The van der Waals surface area contributed by atoms with Gasteiger partial charge in [0.1, 0.15) is 17.3 Å². The monoisotopic (exact) mass is 813 g/mol. The minimum atomic E-state index is -2.87. The largest absolute Gasteiger partial charge is 0.458 e. The Morgan fingerprint density at radius 1 is 0.645 bits per heavy atom. The number of benzene rings is 8. The van der Waals surface area contributed by atoms with Gasteiger partial charge in [-0.15, -0.1) is 0 Å². The SMILES string of the molecule is [2H]c1c([2H])c([2H])c(-c2cnc(-n3c4ccccc4c4c(C#N)cc(Oc5cccc(-n6[c-][n+](-c7c(-c8c([2H])c([2H])c([2H])c([2H])c8[2H])cccc7-c7c([2H])c([2H])c([2H])c([2H])c7[2H])c7ccccc76)c5)cc43)cc2C([2H])([2H])[2H])c([2H])c1[2H]. The predicted octanol–water partition coefficient (Wildman–Crippen LogP) is 13.2. The highest BCUT2D eigenvalue weighted by atomic mass is 16.5. The second-order valence-corrected chi connectivity index (χ2v) is 14.0. The third-order valence-corrected chi connectivity index (χ3v) is 10.4. The number of para-hydroxylation sites is 4. The van der Waals surface area contributed by atoms with Crippen molar-refractivity contribution in [2.75, 3.05) is 0 Å². The third-order valence-electron chi connectivity index (χ3n) is 10.4.